The van der Waals surface area contributed by atoms with Gasteiger partial charge in [-0.3, -0.25) is 4.79 Å². The molecule has 0 heterocycles. The Bertz CT molecular complexity index is 119. The summed E-state index contributed by atoms with van der Waals surface area (Å²) >= 11 is 0. The smallest absolute Gasteiger partial charge is 0.320 e. The number of aliphatic carboxylic acids is 1. The Labute approximate surface area is 72.8 Å². The fourth-order valence-electron chi connectivity index (χ4n) is 0.521. The quantitative estimate of drug-likeness (QED) is 0.631. The molecule has 0 rings (SSSR count). The van der Waals surface area contributed by atoms with Crippen LogP contribution in [-0.4, -0.2) is 42.7 Å². The first kappa shape index (κ1) is 13.3. The third-order valence-electron chi connectivity index (χ3n) is 1.20. The van der Waals surface area contributed by atoms with Gasteiger partial charge in [-0.25, -0.2) is 0 Å². The van der Waals surface area contributed by atoms with Crippen molar-refractivity contribution in [2.45, 2.75) is 12.5 Å². The Kier molecular flexibility index (Phi) is 7.72. The van der Waals surface area contributed by atoms with Crippen molar-refractivity contribution in [1.29, 1.82) is 0 Å². The van der Waals surface area contributed by atoms with Crippen molar-refractivity contribution < 1.29 is 9.90 Å². The molecule has 0 aromatic carbocycles. The highest BCUT2D eigenvalue weighted by Gasteiger charge is 2.10. The average molecular weight is 183 g/mol. The van der Waals surface area contributed by atoms with Gasteiger partial charge in [0.15, 0.2) is 0 Å². The van der Waals surface area contributed by atoms with Gasteiger partial charge in [0.05, 0.1) is 0 Å². The van der Waals surface area contributed by atoms with E-state index in [0.29, 0.717) is 13.0 Å². The topological polar surface area (TPSA) is 66.6 Å². The van der Waals surface area contributed by atoms with Gasteiger partial charge >= 0.3 is 5.97 Å². The minimum Gasteiger partial charge on any atom is -0.480 e. The Morgan fingerprint density at radius 3 is 2.36 bits per heavy atom. The molecule has 1 atom stereocenters. The number of rotatable bonds is 4. The van der Waals surface area contributed by atoms with E-state index in [-0.39, 0.29) is 12.4 Å². The molecule has 0 saturated carbocycles. The van der Waals surface area contributed by atoms with Crippen LogP contribution in [0.25, 0.3) is 0 Å². The summed E-state index contributed by atoms with van der Waals surface area (Å²) in [5.41, 5.74) is 5.24. The molecule has 11 heavy (non-hydrogen) atoms. The van der Waals surface area contributed by atoms with Crippen molar-refractivity contribution in [2.24, 2.45) is 5.73 Å². The highest BCUT2D eigenvalue weighted by Crippen LogP contribution is 1.88. The number of halogens is 1. The summed E-state index contributed by atoms with van der Waals surface area (Å²) in [6.07, 6.45) is 0.502. The van der Waals surface area contributed by atoms with Crippen LogP contribution < -0.4 is 5.73 Å². The first-order chi connectivity index (χ1) is 4.54. The lowest BCUT2D eigenvalue weighted by atomic mass is 10.2. The van der Waals surface area contributed by atoms with Crippen LogP contribution in [0.1, 0.15) is 6.42 Å². The number of nitrogens with zero attached hydrogens (tertiary/aromatic N) is 1. The second-order valence-corrected chi connectivity index (χ2v) is 2.54. The van der Waals surface area contributed by atoms with Crippen LogP contribution in [0.5, 0.6) is 0 Å². The molecule has 0 spiro atoms. The summed E-state index contributed by atoms with van der Waals surface area (Å²) in [5.74, 6) is -0.929. The minimum absolute atomic E-state index is 0. The highest BCUT2D eigenvalue weighted by molar-refractivity contribution is 5.85. The SMILES string of the molecule is CN(C)CCC(N)C(=O)O.Cl. The van der Waals surface area contributed by atoms with Gasteiger partial charge in [-0.15, -0.1) is 12.4 Å². The van der Waals surface area contributed by atoms with Gasteiger partial charge < -0.3 is 15.7 Å². The lowest BCUT2D eigenvalue weighted by molar-refractivity contribution is -0.138. The average Bonchev–Trinajstić information content (AvgIpc) is 1.82. The maximum atomic E-state index is 10.2. The van der Waals surface area contributed by atoms with E-state index in [9.17, 15) is 4.79 Å². The second-order valence-electron chi connectivity index (χ2n) is 2.54. The fraction of sp³-hybridized carbons (Fsp3) is 0.833. The van der Waals surface area contributed by atoms with Crippen molar-refractivity contribution in [3.05, 3.63) is 0 Å². The van der Waals surface area contributed by atoms with E-state index in [1.807, 2.05) is 19.0 Å². The second kappa shape index (κ2) is 6.39. The van der Waals surface area contributed by atoms with Gasteiger partial charge in [-0.1, -0.05) is 0 Å². The maximum Gasteiger partial charge on any atom is 0.320 e. The first-order valence-electron chi connectivity index (χ1n) is 3.17. The van der Waals surface area contributed by atoms with Crippen LogP contribution in [-0.2, 0) is 4.79 Å². The van der Waals surface area contributed by atoms with Gasteiger partial charge in [-0.2, -0.15) is 0 Å². The van der Waals surface area contributed by atoms with Gasteiger partial charge in [0, 0.05) is 0 Å². The molecule has 0 aliphatic rings. The molecule has 3 N–H and O–H groups in total. The summed E-state index contributed by atoms with van der Waals surface area (Å²) in [6.45, 7) is 0.716. The molecule has 0 aromatic heterocycles. The van der Waals surface area contributed by atoms with Crippen LogP contribution in [0.3, 0.4) is 0 Å². The lowest BCUT2D eigenvalue weighted by Gasteiger charge is -2.10. The number of carbonyl (C=O) groups is 1. The van der Waals surface area contributed by atoms with Crippen molar-refractivity contribution in [2.75, 3.05) is 20.6 Å². The van der Waals surface area contributed by atoms with E-state index < -0.39 is 12.0 Å². The summed E-state index contributed by atoms with van der Waals surface area (Å²) < 4.78 is 0. The van der Waals surface area contributed by atoms with Crippen LogP contribution in [0.2, 0.25) is 0 Å². The third kappa shape index (κ3) is 7.58. The number of carboxylic acids is 1. The van der Waals surface area contributed by atoms with Crippen molar-refractivity contribution in [1.82, 2.24) is 4.90 Å². The van der Waals surface area contributed by atoms with E-state index >= 15 is 0 Å². The Morgan fingerprint density at radius 1 is 1.64 bits per heavy atom. The zero-order chi connectivity index (χ0) is 8.15. The van der Waals surface area contributed by atoms with Crippen LogP contribution in [0.4, 0.5) is 0 Å². The lowest BCUT2D eigenvalue weighted by Crippen LogP contribution is -2.33. The Balaban J connectivity index is 0. The largest absolute Gasteiger partial charge is 0.480 e. The van der Waals surface area contributed by atoms with Gasteiger partial charge in [0.25, 0.3) is 0 Å². The van der Waals surface area contributed by atoms with E-state index in [4.69, 9.17) is 10.8 Å². The summed E-state index contributed by atoms with van der Waals surface area (Å²) in [5, 5.41) is 8.35. The summed E-state index contributed by atoms with van der Waals surface area (Å²) in [4.78, 5) is 12.1. The molecule has 0 bridgehead atoms. The van der Waals surface area contributed by atoms with E-state index in [1.165, 1.54) is 0 Å². The summed E-state index contributed by atoms with van der Waals surface area (Å²) in [7, 11) is 3.77. The van der Waals surface area contributed by atoms with E-state index in [2.05, 4.69) is 0 Å². The first-order valence-corrected chi connectivity index (χ1v) is 3.17. The molecule has 0 aliphatic carbocycles. The minimum atomic E-state index is -0.929. The molecule has 0 fully saturated rings. The van der Waals surface area contributed by atoms with Crippen LogP contribution in [0.15, 0.2) is 0 Å². The zero-order valence-electron chi connectivity index (χ0n) is 6.78. The molecular formula is C6H15ClN2O2. The standard InChI is InChI=1S/C6H14N2O2.ClH/c1-8(2)4-3-5(7)6(9)10;/h5H,3-4,7H2,1-2H3,(H,9,10);1H. The molecule has 1 unspecified atom stereocenters. The molecule has 0 aromatic rings. The molecule has 0 aliphatic heterocycles. The Morgan fingerprint density at radius 2 is 2.09 bits per heavy atom. The predicted octanol–water partition coefficient (Wildman–Crippen LogP) is -0.228. The van der Waals surface area contributed by atoms with Crippen LogP contribution >= 0.6 is 12.4 Å². The van der Waals surface area contributed by atoms with Gasteiger partial charge in [0.2, 0.25) is 0 Å². The molecular weight excluding hydrogens is 168 g/mol. The van der Waals surface area contributed by atoms with Crippen molar-refractivity contribution in [3.63, 3.8) is 0 Å². The maximum absolute atomic E-state index is 10.2. The number of nitrogens with two attached hydrogens (primary N) is 1. The van der Waals surface area contributed by atoms with E-state index in [1.54, 1.807) is 0 Å². The number of hydrogen-bond donors (Lipinski definition) is 2. The Hall–Kier alpha value is -0.320. The number of hydrogen-bond acceptors (Lipinski definition) is 3. The molecule has 0 amide bonds. The fourth-order valence-corrected chi connectivity index (χ4v) is 0.521. The molecule has 5 heteroatoms. The normalized spacial score (nSPS) is 12.4. The van der Waals surface area contributed by atoms with E-state index in [0.717, 1.165) is 0 Å². The molecule has 0 radical (unpaired) electrons. The molecule has 68 valence electrons. The van der Waals surface area contributed by atoms with Gasteiger partial charge in [0.1, 0.15) is 6.04 Å². The monoisotopic (exact) mass is 182 g/mol. The highest BCUT2D eigenvalue weighted by atomic mass is 35.5. The molecule has 4 nitrogen and oxygen atoms in total. The van der Waals surface area contributed by atoms with Crippen LogP contribution in [0, 0.1) is 0 Å². The summed E-state index contributed by atoms with van der Waals surface area (Å²) in [6, 6.07) is -0.720. The van der Waals surface area contributed by atoms with Gasteiger partial charge in [-0.05, 0) is 27.1 Å². The van der Waals surface area contributed by atoms with Crippen molar-refractivity contribution in [3.8, 4) is 0 Å². The zero-order valence-corrected chi connectivity index (χ0v) is 7.60. The van der Waals surface area contributed by atoms with Crippen molar-refractivity contribution >= 4 is 18.4 Å². The number of carboxylic acid groups (broad SMARTS) is 1. The molecule has 0 saturated heterocycles. The predicted molar refractivity (Wildman–Crippen MR) is 46.0 cm³/mol. The third-order valence-corrected chi connectivity index (χ3v) is 1.20.